The summed E-state index contributed by atoms with van der Waals surface area (Å²) in [5.74, 6) is -0.150. The van der Waals surface area contributed by atoms with E-state index < -0.39 is 11.6 Å². The van der Waals surface area contributed by atoms with E-state index in [0.717, 1.165) is 27.8 Å². The van der Waals surface area contributed by atoms with Crippen molar-refractivity contribution in [2.75, 3.05) is 24.7 Å². The van der Waals surface area contributed by atoms with Crippen LogP contribution in [0.5, 0.6) is 5.75 Å². The Morgan fingerprint density at radius 3 is 2.63 bits per heavy atom. The Kier molecular flexibility index (Phi) is 6.36. The minimum atomic E-state index is -1.30. The summed E-state index contributed by atoms with van der Waals surface area (Å²) in [5, 5.41) is 10.0. The van der Waals surface area contributed by atoms with Crippen molar-refractivity contribution in [3.8, 4) is 28.0 Å². The second kappa shape index (κ2) is 9.66. The number of methoxy groups -OCH3 is 1. The summed E-state index contributed by atoms with van der Waals surface area (Å²) in [4.78, 5) is 24.5. The lowest BCUT2D eigenvalue weighted by molar-refractivity contribution is -0.111. The standard InChI is InChI=1S/C29H27FN4O4/c1-4-24(35)33-18-6-8-19(16(2)13-18)20-9-10-22-26(27(31)34-38-22)25(20)17-5-7-21(23(14-17)37-3)28(36)32-15-29(30)11-12-29/h4-10,13-14H,1,11-12,15H2,2-3H3,(H2,31,34)(H,32,36)(H,33,35). The van der Waals surface area contributed by atoms with Gasteiger partial charge in [0.2, 0.25) is 5.91 Å². The van der Waals surface area contributed by atoms with Gasteiger partial charge in [0.05, 0.1) is 24.6 Å². The molecule has 1 fully saturated rings. The molecule has 38 heavy (non-hydrogen) atoms. The maximum Gasteiger partial charge on any atom is 0.255 e. The van der Waals surface area contributed by atoms with E-state index in [-0.39, 0.29) is 18.3 Å². The highest BCUT2D eigenvalue weighted by atomic mass is 19.1. The third kappa shape index (κ3) is 4.70. The molecule has 3 aromatic carbocycles. The predicted molar refractivity (Wildman–Crippen MR) is 145 cm³/mol. The number of halogens is 1. The molecule has 2 amide bonds. The van der Waals surface area contributed by atoms with Crippen molar-refractivity contribution in [1.82, 2.24) is 10.5 Å². The number of anilines is 2. The van der Waals surface area contributed by atoms with Crippen LogP contribution in [0.3, 0.4) is 0 Å². The van der Waals surface area contributed by atoms with E-state index in [4.69, 9.17) is 15.0 Å². The number of benzene rings is 3. The highest BCUT2D eigenvalue weighted by Crippen LogP contribution is 2.43. The van der Waals surface area contributed by atoms with Crippen LogP contribution in [-0.4, -0.2) is 36.3 Å². The number of aryl methyl sites for hydroxylation is 1. The summed E-state index contributed by atoms with van der Waals surface area (Å²) in [5.41, 5.74) is 10.5. The number of fused-ring (bicyclic) bond motifs is 1. The average Bonchev–Trinajstić information content (AvgIpc) is 3.55. The van der Waals surface area contributed by atoms with Gasteiger partial charge >= 0.3 is 0 Å². The molecule has 5 rings (SSSR count). The summed E-state index contributed by atoms with van der Waals surface area (Å²) >= 11 is 0. The average molecular weight is 515 g/mol. The Balaban J connectivity index is 1.60. The van der Waals surface area contributed by atoms with Crippen LogP contribution in [0.2, 0.25) is 0 Å². The van der Waals surface area contributed by atoms with E-state index in [1.54, 1.807) is 30.3 Å². The maximum atomic E-state index is 14.0. The van der Waals surface area contributed by atoms with Gasteiger partial charge in [-0.1, -0.05) is 23.9 Å². The lowest BCUT2D eigenvalue weighted by Gasteiger charge is -2.17. The number of nitrogens with one attached hydrogen (secondary N) is 2. The summed E-state index contributed by atoms with van der Waals surface area (Å²) < 4.78 is 25.0. The molecule has 1 aromatic heterocycles. The Labute approximate surface area is 218 Å². The van der Waals surface area contributed by atoms with Gasteiger partial charge in [-0.15, -0.1) is 0 Å². The van der Waals surface area contributed by atoms with Gasteiger partial charge in [0.1, 0.15) is 11.4 Å². The van der Waals surface area contributed by atoms with E-state index >= 15 is 0 Å². The third-order valence-electron chi connectivity index (χ3n) is 6.73. The molecule has 1 aliphatic carbocycles. The quantitative estimate of drug-likeness (QED) is 0.270. The number of ether oxygens (including phenoxy) is 1. The highest BCUT2D eigenvalue weighted by molar-refractivity contribution is 6.08. The molecular weight excluding hydrogens is 487 g/mol. The number of nitrogen functional groups attached to an aromatic ring is 1. The zero-order valence-corrected chi connectivity index (χ0v) is 21.1. The SMILES string of the molecule is C=CC(=O)Nc1ccc(-c2ccc3onc(N)c3c2-c2ccc(C(=O)NCC3(F)CC3)c(OC)c2)c(C)c1. The fourth-order valence-corrected chi connectivity index (χ4v) is 4.50. The molecule has 0 saturated heterocycles. The molecule has 1 aliphatic rings. The lowest BCUT2D eigenvalue weighted by atomic mass is 9.89. The van der Waals surface area contributed by atoms with Gasteiger partial charge < -0.3 is 25.6 Å². The first-order valence-corrected chi connectivity index (χ1v) is 12.1. The molecule has 0 radical (unpaired) electrons. The van der Waals surface area contributed by atoms with Crippen LogP contribution in [0.4, 0.5) is 15.9 Å². The minimum absolute atomic E-state index is 0.0278. The largest absolute Gasteiger partial charge is 0.496 e. The van der Waals surface area contributed by atoms with Crippen molar-refractivity contribution in [1.29, 1.82) is 0 Å². The number of rotatable bonds is 8. The summed E-state index contributed by atoms with van der Waals surface area (Å²) in [6.45, 7) is 5.40. The first kappa shape index (κ1) is 25.0. The van der Waals surface area contributed by atoms with E-state index in [1.165, 1.54) is 13.2 Å². The molecule has 0 unspecified atom stereocenters. The van der Waals surface area contributed by atoms with Gasteiger partial charge in [-0.05, 0) is 84.5 Å². The molecule has 8 nitrogen and oxygen atoms in total. The summed E-state index contributed by atoms with van der Waals surface area (Å²) in [6.07, 6.45) is 2.12. The molecule has 9 heteroatoms. The first-order chi connectivity index (χ1) is 18.2. The van der Waals surface area contributed by atoms with E-state index in [0.29, 0.717) is 40.8 Å². The van der Waals surface area contributed by atoms with E-state index in [2.05, 4.69) is 22.4 Å². The second-order valence-corrected chi connectivity index (χ2v) is 9.40. The van der Waals surface area contributed by atoms with Crippen molar-refractivity contribution in [2.45, 2.75) is 25.4 Å². The van der Waals surface area contributed by atoms with Crippen LogP contribution in [0.15, 0.2) is 65.7 Å². The number of hydrogen-bond donors (Lipinski definition) is 3. The zero-order chi connectivity index (χ0) is 27.0. The van der Waals surface area contributed by atoms with Crippen molar-refractivity contribution < 1.29 is 23.2 Å². The van der Waals surface area contributed by atoms with Gasteiger partial charge in [0, 0.05) is 11.3 Å². The lowest BCUT2D eigenvalue weighted by Crippen LogP contribution is -2.31. The molecule has 0 bridgehead atoms. The zero-order valence-electron chi connectivity index (χ0n) is 21.1. The smallest absolute Gasteiger partial charge is 0.255 e. The number of nitrogens with zero attached hydrogens (tertiary/aromatic N) is 1. The molecule has 1 heterocycles. The van der Waals surface area contributed by atoms with Crippen molar-refractivity contribution in [2.24, 2.45) is 0 Å². The molecule has 0 aliphatic heterocycles. The number of nitrogens with two attached hydrogens (primary N) is 1. The fraction of sp³-hybridized carbons (Fsp3) is 0.207. The molecular formula is C29H27FN4O4. The fourth-order valence-electron chi connectivity index (χ4n) is 4.50. The number of carbonyl (C=O) groups excluding carboxylic acids is 2. The van der Waals surface area contributed by atoms with Gasteiger partial charge in [0.25, 0.3) is 5.91 Å². The molecule has 194 valence electrons. The van der Waals surface area contributed by atoms with Crippen LogP contribution in [-0.2, 0) is 4.79 Å². The Morgan fingerprint density at radius 2 is 1.95 bits per heavy atom. The maximum absolute atomic E-state index is 14.0. The topological polar surface area (TPSA) is 119 Å². The van der Waals surface area contributed by atoms with Crippen LogP contribution >= 0.6 is 0 Å². The molecule has 4 aromatic rings. The molecule has 1 saturated carbocycles. The van der Waals surface area contributed by atoms with Crippen molar-refractivity contribution in [3.05, 3.63) is 72.3 Å². The predicted octanol–water partition coefficient (Wildman–Crippen LogP) is 5.42. The number of carbonyl (C=O) groups is 2. The number of aromatic nitrogens is 1. The molecule has 0 atom stereocenters. The highest BCUT2D eigenvalue weighted by Gasteiger charge is 2.43. The van der Waals surface area contributed by atoms with E-state index in [9.17, 15) is 14.0 Å². The number of hydrogen-bond acceptors (Lipinski definition) is 6. The Morgan fingerprint density at radius 1 is 1.18 bits per heavy atom. The van der Waals surface area contributed by atoms with Gasteiger partial charge in [-0.25, -0.2) is 4.39 Å². The Hall–Kier alpha value is -4.66. The van der Waals surface area contributed by atoms with Crippen molar-refractivity contribution in [3.63, 3.8) is 0 Å². The van der Waals surface area contributed by atoms with Gasteiger partial charge in [0.15, 0.2) is 11.4 Å². The van der Waals surface area contributed by atoms with Crippen LogP contribution in [0.25, 0.3) is 33.2 Å². The minimum Gasteiger partial charge on any atom is -0.496 e. The summed E-state index contributed by atoms with van der Waals surface area (Å²) in [6, 6.07) is 14.5. The normalized spacial score (nSPS) is 13.7. The number of alkyl halides is 1. The van der Waals surface area contributed by atoms with Crippen LogP contribution < -0.4 is 21.1 Å². The van der Waals surface area contributed by atoms with E-state index in [1.807, 2.05) is 25.1 Å². The monoisotopic (exact) mass is 514 g/mol. The van der Waals surface area contributed by atoms with Crippen molar-refractivity contribution >= 4 is 34.3 Å². The van der Waals surface area contributed by atoms with Gasteiger partial charge in [-0.3, -0.25) is 9.59 Å². The van der Waals surface area contributed by atoms with Crippen LogP contribution in [0.1, 0.15) is 28.8 Å². The second-order valence-electron chi connectivity index (χ2n) is 9.40. The summed E-state index contributed by atoms with van der Waals surface area (Å²) in [7, 11) is 1.48. The Bertz CT molecular complexity index is 1590. The first-order valence-electron chi connectivity index (χ1n) is 12.1. The third-order valence-corrected chi connectivity index (χ3v) is 6.73. The molecule has 4 N–H and O–H groups in total. The van der Waals surface area contributed by atoms with Gasteiger partial charge in [-0.2, -0.15) is 0 Å². The molecule has 0 spiro atoms. The van der Waals surface area contributed by atoms with Crippen LogP contribution in [0, 0.1) is 6.92 Å². The number of amides is 2.